The highest BCUT2D eigenvalue weighted by Gasteiger charge is 2.35. The van der Waals surface area contributed by atoms with Gasteiger partial charge in [-0.05, 0) is 26.8 Å². The number of esters is 1. The summed E-state index contributed by atoms with van der Waals surface area (Å²) in [6.45, 7) is 4.19. The van der Waals surface area contributed by atoms with Crippen molar-refractivity contribution in [1.82, 2.24) is 0 Å². The van der Waals surface area contributed by atoms with E-state index in [2.05, 4.69) is 4.74 Å². The van der Waals surface area contributed by atoms with Crippen LogP contribution in [0.1, 0.15) is 27.2 Å². The summed E-state index contributed by atoms with van der Waals surface area (Å²) in [6.07, 6.45) is -6.65. The minimum absolute atomic E-state index is 0.150. The first-order valence-electron chi connectivity index (χ1n) is 7.26. The van der Waals surface area contributed by atoms with Gasteiger partial charge in [-0.1, -0.05) is 0 Å². The Labute approximate surface area is 137 Å². The van der Waals surface area contributed by atoms with E-state index in [-0.39, 0.29) is 12.5 Å². The maximum Gasteiger partial charge on any atom is 0.307 e. The van der Waals surface area contributed by atoms with Gasteiger partial charge in [0.1, 0.15) is 18.3 Å². The molecule has 0 aromatic rings. The normalized spacial score (nSPS) is 24.3. The van der Waals surface area contributed by atoms with Gasteiger partial charge in [-0.25, -0.2) is 13.2 Å². The number of alkyl halides is 2. The number of aliphatic hydroxyl groups is 1. The average molecular weight is 355 g/mol. The van der Waals surface area contributed by atoms with Crippen molar-refractivity contribution in [3.05, 3.63) is 23.5 Å². The molecule has 0 spiro atoms. The lowest BCUT2D eigenvalue weighted by Gasteiger charge is -2.25. The van der Waals surface area contributed by atoms with Crippen molar-refractivity contribution in [2.24, 2.45) is 5.73 Å². The van der Waals surface area contributed by atoms with E-state index in [4.69, 9.17) is 10.5 Å². The van der Waals surface area contributed by atoms with Crippen molar-refractivity contribution >= 4 is 5.97 Å². The van der Waals surface area contributed by atoms with Crippen LogP contribution in [0.4, 0.5) is 17.6 Å². The molecule has 138 valence electrons. The monoisotopic (exact) mass is 355 g/mol. The molecular formula is C15H21F4NO4. The van der Waals surface area contributed by atoms with Crippen molar-refractivity contribution in [2.75, 3.05) is 6.61 Å². The zero-order chi connectivity index (χ0) is 18.7. The van der Waals surface area contributed by atoms with E-state index in [0.29, 0.717) is 0 Å². The molecule has 4 atom stereocenters. The second kappa shape index (κ2) is 7.98. The molecule has 9 heteroatoms. The number of ether oxygens (including phenoxy) is 2. The minimum atomic E-state index is -2.53. The van der Waals surface area contributed by atoms with Crippen LogP contribution in [0.25, 0.3) is 0 Å². The van der Waals surface area contributed by atoms with Crippen LogP contribution < -0.4 is 5.73 Å². The Kier molecular flexibility index (Phi) is 6.79. The summed E-state index contributed by atoms with van der Waals surface area (Å²) in [5.41, 5.74) is 4.84. The molecule has 0 bridgehead atoms. The zero-order valence-electron chi connectivity index (χ0n) is 13.6. The smallest absolute Gasteiger partial charge is 0.307 e. The molecule has 0 saturated carbocycles. The van der Waals surface area contributed by atoms with Gasteiger partial charge < -0.3 is 20.3 Å². The molecule has 1 aliphatic rings. The summed E-state index contributed by atoms with van der Waals surface area (Å²) in [4.78, 5) is 11.6. The molecule has 0 aromatic carbocycles. The van der Waals surface area contributed by atoms with Gasteiger partial charge in [-0.2, -0.15) is 4.39 Å². The van der Waals surface area contributed by atoms with Crippen molar-refractivity contribution in [1.29, 1.82) is 0 Å². The fourth-order valence-corrected chi connectivity index (χ4v) is 1.83. The van der Waals surface area contributed by atoms with Crippen molar-refractivity contribution < 1.29 is 36.9 Å². The van der Waals surface area contributed by atoms with Crippen molar-refractivity contribution in [3.8, 4) is 0 Å². The summed E-state index contributed by atoms with van der Waals surface area (Å²) in [6, 6.07) is -1.15. The quantitative estimate of drug-likeness (QED) is 0.564. The van der Waals surface area contributed by atoms with E-state index in [1.807, 2.05) is 0 Å². The molecule has 0 amide bonds. The summed E-state index contributed by atoms with van der Waals surface area (Å²) >= 11 is 0. The molecule has 24 heavy (non-hydrogen) atoms. The third kappa shape index (κ3) is 5.79. The van der Waals surface area contributed by atoms with E-state index < -0.39 is 60.1 Å². The highest BCUT2D eigenvalue weighted by molar-refractivity contribution is 5.70. The molecule has 3 N–H and O–H groups in total. The van der Waals surface area contributed by atoms with Gasteiger partial charge in [-0.15, -0.1) is 0 Å². The van der Waals surface area contributed by atoms with Crippen LogP contribution in [0.2, 0.25) is 0 Å². The Balaban J connectivity index is 2.59. The van der Waals surface area contributed by atoms with Gasteiger partial charge in [0.15, 0.2) is 29.8 Å². The lowest BCUT2D eigenvalue weighted by atomic mass is 10.1. The van der Waals surface area contributed by atoms with E-state index in [0.717, 1.165) is 0 Å². The second-order valence-corrected chi connectivity index (χ2v) is 6.37. The highest BCUT2D eigenvalue weighted by atomic mass is 19.2. The molecule has 3 unspecified atom stereocenters. The number of aliphatic hydroxyl groups excluding tert-OH is 1. The van der Waals surface area contributed by atoms with Crippen LogP contribution in [0.15, 0.2) is 23.5 Å². The standard InChI is InChI=1S/C15H21F4NO4/c1-15(2,3)24-11(22)5-9(20)10(21)6-23-14-12(18)7(16)4-8(17)13(14)19/h4,7,9-10,12,21H,5-6,20H2,1-3H3/t7?,9-,10?,12?/m0/s1. The highest BCUT2D eigenvalue weighted by Crippen LogP contribution is 2.32. The zero-order valence-corrected chi connectivity index (χ0v) is 13.6. The van der Waals surface area contributed by atoms with E-state index in [1.165, 1.54) is 0 Å². The average Bonchev–Trinajstić information content (AvgIpc) is 2.42. The Bertz CT molecular complexity index is 530. The Morgan fingerprint density at radius 1 is 1.38 bits per heavy atom. The molecule has 0 aliphatic heterocycles. The summed E-state index contributed by atoms with van der Waals surface area (Å²) < 4.78 is 62.8. The van der Waals surface area contributed by atoms with Gasteiger partial charge >= 0.3 is 5.97 Å². The van der Waals surface area contributed by atoms with Crippen LogP contribution in [-0.4, -0.2) is 47.8 Å². The van der Waals surface area contributed by atoms with Crippen molar-refractivity contribution in [3.63, 3.8) is 0 Å². The fourth-order valence-electron chi connectivity index (χ4n) is 1.83. The number of carbonyl (C=O) groups excluding carboxylic acids is 1. The first-order valence-corrected chi connectivity index (χ1v) is 7.26. The molecule has 0 aromatic heterocycles. The number of halogens is 4. The first-order chi connectivity index (χ1) is 10.9. The maximum atomic E-state index is 13.5. The molecular weight excluding hydrogens is 334 g/mol. The van der Waals surface area contributed by atoms with Crippen LogP contribution >= 0.6 is 0 Å². The van der Waals surface area contributed by atoms with E-state index in [9.17, 15) is 27.5 Å². The van der Waals surface area contributed by atoms with Gasteiger partial charge in [-0.3, -0.25) is 4.79 Å². The topological polar surface area (TPSA) is 81.8 Å². The Hall–Kier alpha value is -1.61. The summed E-state index contributed by atoms with van der Waals surface area (Å²) in [5, 5.41) is 9.77. The third-order valence-corrected chi connectivity index (χ3v) is 2.99. The Morgan fingerprint density at radius 3 is 2.50 bits per heavy atom. The van der Waals surface area contributed by atoms with Gasteiger partial charge in [0.2, 0.25) is 0 Å². The lowest BCUT2D eigenvalue weighted by molar-refractivity contribution is -0.156. The minimum Gasteiger partial charge on any atom is -0.489 e. The SMILES string of the molecule is CC(C)(C)OC(=O)C[C@H](N)C(O)COC1=C(F)C(F)=CC(F)C1F. The predicted octanol–water partition coefficient (Wildman–Crippen LogP) is 2.15. The number of hydrogen-bond acceptors (Lipinski definition) is 5. The molecule has 1 rings (SSSR count). The molecule has 0 heterocycles. The first kappa shape index (κ1) is 20.4. The van der Waals surface area contributed by atoms with Gasteiger partial charge in [0, 0.05) is 6.04 Å². The molecule has 1 aliphatic carbocycles. The van der Waals surface area contributed by atoms with E-state index in [1.54, 1.807) is 20.8 Å². The van der Waals surface area contributed by atoms with Crippen molar-refractivity contribution in [2.45, 2.75) is 57.3 Å². The number of hydrogen-bond donors (Lipinski definition) is 2. The number of allylic oxidation sites excluding steroid dienone is 4. The predicted molar refractivity (Wildman–Crippen MR) is 77.5 cm³/mol. The number of rotatable bonds is 6. The molecule has 5 nitrogen and oxygen atoms in total. The molecule has 0 fully saturated rings. The summed E-state index contributed by atoms with van der Waals surface area (Å²) in [7, 11) is 0. The van der Waals surface area contributed by atoms with E-state index >= 15 is 0 Å². The Morgan fingerprint density at radius 2 is 1.96 bits per heavy atom. The molecule has 0 saturated heterocycles. The van der Waals surface area contributed by atoms with Crippen LogP contribution in [0, 0.1) is 0 Å². The molecule has 0 radical (unpaired) electrons. The van der Waals surface area contributed by atoms with Crippen LogP contribution in [0.3, 0.4) is 0 Å². The fraction of sp³-hybridized carbons (Fsp3) is 0.667. The largest absolute Gasteiger partial charge is 0.489 e. The second-order valence-electron chi connectivity index (χ2n) is 6.37. The van der Waals surface area contributed by atoms with Crippen LogP contribution in [0.5, 0.6) is 0 Å². The maximum absolute atomic E-state index is 13.5. The van der Waals surface area contributed by atoms with Gasteiger partial charge in [0.25, 0.3) is 0 Å². The van der Waals surface area contributed by atoms with Crippen LogP contribution in [-0.2, 0) is 14.3 Å². The van der Waals surface area contributed by atoms with Gasteiger partial charge in [0.05, 0.1) is 6.42 Å². The third-order valence-electron chi connectivity index (χ3n) is 2.99. The lowest BCUT2D eigenvalue weighted by Crippen LogP contribution is -2.41. The summed E-state index contributed by atoms with van der Waals surface area (Å²) in [5.74, 6) is -5.13. The number of carbonyl (C=O) groups is 1. The number of nitrogens with two attached hydrogens (primary N) is 1.